The number of Topliss-reactive ketones (excluding diaryl/α,β-unsaturated/α-hetero) is 1. The lowest BCUT2D eigenvalue weighted by Crippen LogP contribution is -2.41. The molecule has 0 atom stereocenters. The molecule has 0 aromatic carbocycles. The molecule has 0 saturated heterocycles. The summed E-state index contributed by atoms with van der Waals surface area (Å²) in [6.45, 7) is 2.90. The van der Waals surface area contributed by atoms with Gasteiger partial charge in [0.1, 0.15) is 5.78 Å². The predicted octanol–water partition coefficient (Wildman–Crippen LogP) is 1.14. The highest BCUT2D eigenvalue weighted by atomic mass is 16.5. The van der Waals surface area contributed by atoms with Crippen molar-refractivity contribution in [3.05, 3.63) is 0 Å². The van der Waals surface area contributed by atoms with Gasteiger partial charge in [0.25, 0.3) is 0 Å². The van der Waals surface area contributed by atoms with Crippen LogP contribution in [0.2, 0.25) is 0 Å². The van der Waals surface area contributed by atoms with Crippen molar-refractivity contribution in [3.63, 3.8) is 0 Å². The summed E-state index contributed by atoms with van der Waals surface area (Å²) >= 11 is 0. The van der Waals surface area contributed by atoms with E-state index in [0.717, 1.165) is 25.7 Å². The van der Waals surface area contributed by atoms with Crippen LogP contribution in [0, 0.1) is 0 Å². The first-order chi connectivity index (χ1) is 8.95. The smallest absolute Gasteiger partial charge is 0.306 e. The fraction of sp³-hybridized carbons (Fsp3) is 0.857. The van der Waals surface area contributed by atoms with Crippen LogP contribution in [0.1, 0.15) is 45.4 Å². The van der Waals surface area contributed by atoms with E-state index in [-0.39, 0.29) is 31.1 Å². The molecular formula is C14H25NO4. The Kier molecular flexibility index (Phi) is 6.45. The fourth-order valence-electron chi connectivity index (χ4n) is 2.60. The fourth-order valence-corrected chi connectivity index (χ4v) is 2.60. The molecule has 1 aliphatic carbocycles. The number of rotatable bonds is 8. The van der Waals surface area contributed by atoms with Crippen LogP contribution >= 0.6 is 0 Å². The van der Waals surface area contributed by atoms with Gasteiger partial charge >= 0.3 is 5.97 Å². The molecular weight excluding hydrogens is 246 g/mol. The number of likely N-dealkylation sites (N-methyl/N-ethyl adjacent to an activating group) is 1. The maximum absolute atomic E-state index is 11.7. The van der Waals surface area contributed by atoms with E-state index >= 15 is 0 Å². The Bertz CT molecular complexity index is 311. The van der Waals surface area contributed by atoms with Gasteiger partial charge in [0.2, 0.25) is 0 Å². The first-order valence-corrected chi connectivity index (χ1v) is 7.03. The second kappa shape index (κ2) is 7.60. The number of ether oxygens (including phenoxy) is 1. The van der Waals surface area contributed by atoms with E-state index in [1.165, 1.54) is 0 Å². The molecule has 110 valence electrons. The van der Waals surface area contributed by atoms with Gasteiger partial charge < -0.3 is 9.84 Å². The number of ketones is 1. The second-order valence-corrected chi connectivity index (χ2v) is 5.45. The van der Waals surface area contributed by atoms with Gasteiger partial charge in [-0.25, -0.2) is 0 Å². The van der Waals surface area contributed by atoms with Crippen molar-refractivity contribution in [2.75, 3.05) is 26.7 Å². The minimum absolute atomic E-state index is 0.0112. The zero-order valence-corrected chi connectivity index (χ0v) is 12.0. The maximum atomic E-state index is 11.7. The first kappa shape index (κ1) is 16.1. The number of carbonyl (C=O) groups excluding carboxylic acids is 2. The molecule has 1 rings (SSSR count). The Labute approximate surface area is 114 Å². The lowest BCUT2D eigenvalue weighted by Gasteiger charge is -2.28. The van der Waals surface area contributed by atoms with Crippen molar-refractivity contribution in [1.29, 1.82) is 0 Å². The van der Waals surface area contributed by atoms with Gasteiger partial charge in [-0.15, -0.1) is 0 Å². The molecule has 0 aromatic rings. The Hall–Kier alpha value is -0.940. The van der Waals surface area contributed by atoms with E-state index < -0.39 is 5.60 Å². The van der Waals surface area contributed by atoms with E-state index in [1.807, 2.05) is 11.9 Å². The topological polar surface area (TPSA) is 66.8 Å². The van der Waals surface area contributed by atoms with Crippen molar-refractivity contribution in [2.45, 2.75) is 51.0 Å². The van der Waals surface area contributed by atoms with Crippen LogP contribution in [0.3, 0.4) is 0 Å². The molecule has 1 fully saturated rings. The van der Waals surface area contributed by atoms with Gasteiger partial charge in [0.15, 0.2) is 0 Å². The monoisotopic (exact) mass is 271 g/mol. The molecule has 0 spiro atoms. The van der Waals surface area contributed by atoms with Gasteiger partial charge in [-0.3, -0.25) is 14.5 Å². The van der Waals surface area contributed by atoms with Crippen molar-refractivity contribution in [1.82, 2.24) is 4.90 Å². The molecule has 1 aliphatic rings. The van der Waals surface area contributed by atoms with E-state index in [9.17, 15) is 14.7 Å². The van der Waals surface area contributed by atoms with Crippen LogP contribution < -0.4 is 0 Å². The maximum Gasteiger partial charge on any atom is 0.306 e. The van der Waals surface area contributed by atoms with Crippen molar-refractivity contribution in [2.24, 2.45) is 0 Å². The third kappa shape index (κ3) is 6.16. The minimum Gasteiger partial charge on any atom is -0.466 e. The number of nitrogens with zero attached hydrogens (tertiary/aromatic N) is 1. The normalized spacial score (nSPS) is 17.7. The van der Waals surface area contributed by atoms with Gasteiger partial charge in [-0.05, 0) is 26.8 Å². The second-order valence-electron chi connectivity index (χ2n) is 5.45. The van der Waals surface area contributed by atoms with E-state index in [0.29, 0.717) is 13.2 Å². The zero-order valence-electron chi connectivity index (χ0n) is 12.0. The van der Waals surface area contributed by atoms with Gasteiger partial charge in [-0.1, -0.05) is 12.8 Å². The quantitative estimate of drug-likeness (QED) is 0.670. The molecule has 0 bridgehead atoms. The Morgan fingerprint density at radius 1 is 1.26 bits per heavy atom. The highest BCUT2D eigenvalue weighted by Crippen LogP contribution is 2.29. The summed E-state index contributed by atoms with van der Waals surface area (Å²) in [4.78, 5) is 24.7. The Morgan fingerprint density at radius 3 is 2.47 bits per heavy atom. The summed E-state index contributed by atoms with van der Waals surface area (Å²) in [5.41, 5.74) is -0.629. The summed E-state index contributed by atoms with van der Waals surface area (Å²) in [6, 6.07) is 0. The highest BCUT2D eigenvalue weighted by molar-refractivity contribution is 5.84. The van der Waals surface area contributed by atoms with Crippen LogP contribution in [-0.2, 0) is 14.3 Å². The van der Waals surface area contributed by atoms with E-state index in [1.54, 1.807) is 6.92 Å². The molecule has 19 heavy (non-hydrogen) atoms. The number of esters is 1. The third-order valence-electron chi connectivity index (χ3n) is 3.46. The summed E-state index contributed by atoms with van der Waals surface area (Å²) in [5, 5.41) is 10.2. The molecule has 1 N–H and O–H groups in total. The van der Waals surface area contributed by atoms with Crippen LogP contribution in [0.4, 0.5) is 0 Å². The molecule has 0 aromatic heterocycles. The molecule has 5 heteroatoms. The van der Waals surface area contributed by atoms with E-state index in [2.05, 4.69) is 0 Å². The average molecular weight is 271 g/mol. The van der Waals surface area contributed by atoms with Crippen molar-refractivity contribution < 1.29 is 19.4 Å². The van der Waals surface area contributed by atoms with Crippen molar-refractivity contribution >= 4 is 11.8 Å². The highest BCUT2D eigenvalue weighted by Gasteiger charge is 2.32. The number of aliphatic hydroxyl groups is 1. The third-order valence-corrected chi connectivity index (χ3v) is 3.46. The molecule has 1 saturated carbocycles. The molecule has 0 unspecified atom stereocenters. The van der Waals surface area contributed by atoms with Gasteiger partial charge in [0, 0.05) is 13.0 Å². The van der Waals surface area contributed by atoms with E-state index in [4.69, 9.17) is 4.74 Å². The first-order valence-electron chi connectivity index (χ1n) is 7.03. The molecule has 5 nitrogen and oxygen atoms in total. The lowest BCUT2D eigenvalue weighted by atomic mass is 10.0. The van der Waals surface area contributed by atoms with Crippen LogP contribution in [0.25, 0.3) is 0 Å². The summed E-state index contributed by atoms with van der Waals surface area (Å²) in [6.07, 6.45) is 4.09. The number of hydrogen-bond donors (Lipinski definition) is 1. The molecule has 0 radical (unpaired) electrons. The predicted molar refractivity (Wildman–Crippen MR) is 71.8 cm³/mol. The summed E-state index contributed by atoms with van der Waals surface area (Å²) < 4.78 is 4.78. The lowest BCUT2D eigenvalue weighted by molar-refractivity contribution is -0.144. The molecule has 0 aliphatic heterocycles. The SMILES string of the molecule is CCOC(=O)CCC(=O)CN(C)CC1(O)CCCC1. The largest absolute Gasteiger partial charge is 0.466 e. The number of hydrogen-bond acceptors (Lipinski definition) is 5. The van der Waals surface area contributed by atoms with Crippen molar-refractivity contribution in [3.8, 4) is 0 Å². The Morgan fingerprint density at radius 2 is 1.89 bits per heavy atom. The zero-order chi connectivity index (χ0) is 14.3. The van der Waals surface area contributed by atoms with Crippen LogP contribution in [0.5, 0.6) is 0 Å². The summed E-state index contributed by atoms with van der Waals surface area (Å²) in [7, 11) is 1.83. The minimum atomic E-state index is -0.629. The molecule has 0 heterocycles. The van der Waals surface area contributed by atoms with Gasteiger partial charge in [-0.2, -0.15) is 0 Å². The standard InChI is InChI=1S/C14H25NO4/c1-3-19-13(17)7-6-12(16)10-15(2)11-14(18)8-4-5-9-14/h18H,3-11H2,1-2H3. The Balaban J connectivity index is 2.22. The van der Waals surface area contributed by atoms with Crippen LogP contribution in [0.15, 0.2) is 0 Å². The summed E-state index contributed by atoms with van der Waals surface area (Å²) in [5.74, 6) is -0.315. The van der Waals surface area contributed by atoms with Crippen LogP contribution in [-0.4, -0.2) is 54.1 Å². The average Bonchev–Trinajstić information content (AvgIpc) is 2.73. The molecule has 0 amide bonds. The number of carbonyl (C=O) groups is 2. The van der Waals surface area contributed by atoms with Gasteiger partial charge in [0.05, 0.1) is 25.2 Å².